The van der Waals surface area contributed by atoms with Crippen LogP contribution >= 0.6 is 0 Å². The van der Waals surface area contributed by atoms with E-state index in [-0.39, 0.29) is 0 Å². The Hall–Kier alpha value is -3.07. The molecule has 0 saturated heterocycles. The minimum atomic E-state index is 0.420. The quantitative estimate of drug-likeness (QED) is 0.526. The molecule has 0 unspecified atom stereocenters. The summed E-state index contributed by atoms with van der Waals surface area (Å²) in [6.45, 7) is 0. The van der Waals surface area contributed by atoms with E-state index in [0.717, 1.165) is 22.5 Å². The number of imidazole rings is 2. The van der Waals surface area contributed by atoms with E-state index in [1.165, 1.54) is 0 Å². The maximum atomic E-state index is 8.95. The predicted molar refractivity (Wildman–Crippen MR) is 73.5 cm³/mol. The number of rotatable bonds is 1. The largest absolute Gasteiger partial charge is 0.333 e. The van der Waals surface area contributed by atoms with Crippen LogP contribution < -0.4 is 0 Å². The molecule has 0 aromatic carbocycles. The molecule has 0 atom stereocenters. The summed E-state index contributed by atoms with van der Waals surface area (Å²) in [4.78, 5) is 8.70. The lowest BCUT2D eigenvalue weighted by Crippen LogP contribution is -1.92. The van der Waals surface area contributed by atoms with Crippen LogP contribution in [-0.2, 0) is 7.05 Å². The fraction of sp³-hybridized carbons (Fsp3) is 0.0714. The van der Waals surface area contributed by atoms with Crippen LogP contribution in [0.25, 0.3) is 22.5 Å². The number of hydrogen-bond donors (Lipinski definition) is 0. The van der Waals surface area contributed by atoms with Gasteiger partial charge in [0.05, 0.1) is 5.69 Å². The van der Waals surface area contributed by atoms with Crippen molar-refractivity contribution in [1.29, 1.82) is 5.26 Å². The Morgan fingerprint density at radius 3 is 2.95 bits per heavy atom. The van der Waals surface area contributed by atoms with Gasteiger partial charge in [0.1, 0.15) is 17.4 Å². The SMILES string of the molecule is Cn1cc(-n2ccn3ccnc23)c2ccc(C#N)nc21. The van der Waals surface area contributed by atoms with Crippen LogP contribution in [-0.4, -0.2) is 23.5 Å². The molecule has 96 valence electrons. The molecule has 4 aromatic rings. The van der Waals surface area contributed by atoms with Gasteiger partial charge in [-0.1, -0.05) is 0 Å². The van der Waals surface area contributed by atoms with Crippen LogP contribution in [0.2, 0.25) is 0 Å². The van der Waals surface area contributed by atoms with Gasteiger partial charge in [-0.3, -0.25) is 8.97 Å². The number of nitrogens with zero attached hydrogens (tertiary/aromatic N) is 6. The topological polar surface area (TPSA) is 63.8 Å². The number of aryl methyl sites for hydroxylation is 1. The highest BCUT2D eigenvalue weighted by Crippen LogP contribution is 2.24. The van der Waals surface area contributed by atoms with Gasteiger partial charge in [-0.2, -0.15) is 5.26 Å². The van der Waals surface area contributed by atoms with Crippen molar-refractivity contribution in [1.82, 2.24) is 23.5 Å². The van der Waals surface area contributed by atoms with Crippen molar-refractivity contribution < 1.29 is 0 Å². The molecule has 0 fully saturated rings. The zero-order valence-electron chi connectivity index (χ0n) is 10.7. The van der Waals surface area contributed by atoms with Crippen molar-refractivity contribution in [3.05, 3.63) is 48.8 Å². The van der Waals surface area contributed by atoms with E-state index in [1.807, 2.05) is 51.4 Å². The summed E-state index contributed by atoms with van der Waals surface area (Å²) in [6, 6.07) is 5.73. The van der Waals surface area contributed by atoms with Crippen molar-refractivity contribution in [3.8, 4) is 11.8 Å². The van der Waals surface area contributed by atoms with Crippen LogP contribution in [0.3, 0.4) is 0 Å². The molecular formula is C14H10N6. The van der Waals surface area contributed by atoms with Crippen molar-refractivity contribution in [2.24, 2.45) is 7.05 Å². The molecule has 4 heterocycles. The standard InChI is InChI=1S/C14H10N6/c1-18-9-12(11-3-2-10(8-15)17-13(11)18)20-7-6-19-5-4-16-14(19)20/h2-7,9H,1H3. The van der Waals surface area contributed by atoms with Gasteiger partial charge in [0.25, 0.3) is 0 Å². The molecule has 6 nitrogen and oxygen atoms in total. The van der Waals surface area contributed by atoms with Crippen molar-refractivity contribution in [2.75, 3.05) is 0 Å². The van der Waals surface area contributed by atoms with Gasteiger partial charge in [-0.25, -0.2) is 9.97 Å². The Morgan fingerprint density at radius 1 is 1.20 bits per heavy atom. The minimum Gasteiger partial charge on any atom is -0.333 e. The summed E-state index contributed by atoms with van der Waals surface area (Å²) in [5.41, 5.74) is 2.21. The van der Waals surface area contributed by atoms with Crippen LogP contribution in [0.1, 0.15) is 5.69 Å². The molecule has 0 spiro atoms. The normalized spacial score (nSPS) is 11.2. The summed E-state index contributed by atoms with van der Waals surface area (Å²) >= 11 is 0. The van der Waals surface area contributed by atoms with E-state index >= 15 is 0 Å². The van der Waals surface area contributed by atoms with Gasteiger partial charge in [0, 0.05) is 43.4 Å². The Bertz CT molecular complexity index is 978. The Morgan fingerprint density at radius 2 is 2.10 bits per heavy atom. The third-order valence-electron chi connectivity index (χ3n) is 3.42. The fourth-order valence-corrected chi connectivity index (χ4v) is 2.49. The van der Waals surface area contributed by atoms with E-state index in [1.54, 1.807) is 12.3 Å². The molecule has 0 amide bonds. The second kappa shape index (κ2) is 3.71. The molecule has 0 aliphatic rings. The smallest absolute Gasteiger partial charge is 0.218 e. The molecule has 0 bridgehead atoms. The number of pyridine rings is 1. The van der Waals surface area contributed by atoms with Gasteiger partial charge in [-0.05, 0) is 12.1 Å². The van der Waals surface area contributed by atoms with E-state index < -0.39 is 0 Å². The zero-order chi connectivity index (χ0) is 13.7. The zero-order valence-corrected chi connectivity index (χ0v) is 10.7. The van der Waals surface area contributed by atoms with Crippen LogP contribution in [0, 0.1) is 11.3 Å². The molecule has 0 radical (unpaired) electrons. The lowest BCUT2D eigenvalue weighted by Gasteiger charge is -2.00. The summed E-state index contributed by atoms with van der Waals surface area (Å²) in [5, 5.41) is 9.95. The molecule has 20 heavy (non-hydrogen) atoms. The van der Waals surface area contributed by atoms with Crippen LogP contribution in [0.4, 0.5) is 0 Å². The van der Waals surface area contributed by atoms with Gasteiger partial charge in [0.15, 0.2) is 0 Å². The molecule has 0 N–H and O–H groups in total. The summed E-state index contributed by atoms with van der Waals surface area (Å²) in [6.07, 6.45) is 9.59. The molecule has 4 aromatic heterocycles. The molecule has 0 aliphatic carbocycles. The van der Waals surface area contributed by atoms with Crippen molar-refractivity contribution in [3.63, 3.8) is 0 Å². The highest BCUT2D eigenvalue weighted by molar-refractivity contribution is 5.87. The Kier molecular flexibility index (Phi) is 2.01. The first-order valence-corrected chi connectivity index (χ1v) is 6.14. The monoisotopic (exact) mass is 262 g/mol. The number of hydrogen-bond acceptors (Lipinski definition) is 3. The Balaban J connectivity index is 2.06. The third kappa shape index (κ3) is 1.32. The molecule has 0 aliphatic heterocycles. The fourth-order valence-electron chi connectivity index (χ4n) is 2.49. The van der Waals surface area contributed by atoms with Crippen LogP contribution in [0.5, 0.6) is 0 Å². The number of fused-ring (bicyclic) bond motifs is 2. The van der Waals surface area contributed by atoms with Crippen LogP contribution in [0.15, 0.2) is 43.1 Å². The van der Waals surface area contributed by atoms with E-state index in [9.17, 15) is 0 Å². The van der Waals surface area contributed by atoms with Gasteiger partial charge < -0.3 is 4.57 Å². The average Bonchev–Trinajstić information content (AvgIpc) is 3.13. The number of nitriles is 1. The first-order valence-electron chi connectivity index (χ1n) is 6.14. The Labute approximate surface area is 114 Å². The summed E-state index contributed by atoms with van der Waals surface area (Å²) in [5.74, 6) is 0.849. The maximum Gasteiger partial charge on any atom is 0.218 e. The minimum absolute atomic E-state index is 0.420. The molecule has 4 rings (SSSR count). The lowest BCUT2D eigenvalue weighted by atomic mass is 10.2. The third-order valence-corrected chi connectivity index (χ3v) is 3.42. The first kappa shape index (κ1) is 10.8. The van der Waals surface area contributed by atoms with E-state index in [4.69, 9.17) is 5.26 Å². The maximum absolute atomic E-state index is 8.95. The average molecular weight is 262 g/mol. The predicted octanol–water partition coefficient (Wildman–Crippen LogP) is 1.88. The second-order valence-corrected chi connectivity index (χ2v) is 4.61. The van der Waals surface area contributed by atoms with Gasteiger partial charge in [0.2, 0.25) is 5.78 Å². The van der Waals surface area contributed by atoms with Gasteiger partial charge >= 0.3 is 0 Å². The first-order chi connectivity index (χ1) is 9.78. The highest BCUT2D eigenvalue weighted by Gasteiger charge is 2.12. The molecule has 6 heteroatoms. The van der Waals surface area contributed by atoms with E-state index in [0.29, 0.717) is 5.69 Å². The van der Waals surface area contributed by atoms with Gasteiger partial charge in [-0.15, -0.1) is 0 Å². The van der Waals surface area contributed by atoms with E-state index in [2.05, 4.69) is 16.0 Å². The summed E-state index contributed by atoms with van der Waals surface area (Å²) < 4.78 is 5.89. The van der Waals surface area contributed by atoms with Crippen molar-refractivity contribution >= 4 is 16.8 Å². The highest BCUT2D eigenvalue weighted by atomic mass is 15.2. The second-order valence-electron chi connectivity index (χ2n) is 4.61. The number of aromatic nitrogens is 5. The molecule has 0 saturated carbocycles. The lowest BCUT2D eigenvalue weighted by molar-refractivity contribution is 0.936. The molecular weight excluding hydrogens is 252 g/mol. The summed E-state index contributed by atoms with van der Waals surface area (Å²) in [7, 11) is 1.92. The van der Waals surface area contributed by atoms with Crippen molar-refractivity contribution in [2.45, 2.75) is 0 Å².